The van der Waals surface area contributed by atoms with E-state index in [-0.39, 0.29) is 25.4 Å². The molecule has 10 heteroatoms. The van der Waals surface area contributed by atoms with Crippen molar-refractivity contribution in [1.29, 1.82) is 0 Å². The average molecular weight is 1140 g/mol. The molecule has 0 aliphatic heterocycles. The Morgan fingerprint density at radius 3 is 1.21 bits per heavy atom. The van der Waals surface area contributed by atoms with Crippen molar-refractivity contribution in [1.82, 2.24) is 5.32 Å². The maximum absolute atomic E-state index is 13.6. The van der Waals surface area contributed by atoms with Crippen LogP contribution in [0.4, 0.5) is 0 Å². The van der Waals surface area contributed by atoms with Gasteiger partial charge in [0.25, 0.3) is 7.82 Å². The summed E-state index contributed by atoms with van der Waals surface area (Å²) in [5, 5.41) is 3.00. The SMILES string of the molecule is CC/C=C\C/C=C\C/C=C\C/C=C\C/C=C\C/C=C\CCC(=O)OC(/C=C\CCCCCCCCCCC)C(COP(=O)([O-])OCC[N+](C)(C)C)NC(=O)CCCCCCCCCCC/C=C\C/C=C\C/C=C\C/C=C\C/C=C\CC. The van der Waals surface area contributed by atoms with Gasteiger partial charge in [0, 0.05) is 12.8 Å². The minimum atomic E-state index is -4.73. The maximum atomic E-state index is 13.6. The van der Waals surface area contributed by atoms with Gasteiger partial charge in [-0.25, -0.2) is 0 Å². The number of unbranched alkanes of at least 4 members (excludes halogenated alkanes) is 18. The van der Waals surface area contributed by atoms with Crippen LogP contribution in [0.15, 0.2) is 146 Å². The summed E-state index contributed by atoms with van der Waals surface area (Å²) in [6.07, 6.45) is 85.5. The van der Waals surface area contributed by atoms with E-state index in [9.17, 15) is 19.0 Å². The fraction of sp³-hybridized carbons (Fsp3) is 0.634. The number of allylic oxidation sites excluding steroid dienone is 23. The number of esters is 1. The highest BCUT2D eigenvalue weighted by Gasteiger charge is 2.27. The quantitative estimate of drug-likeness (QED) is 0.0212. The lowest BCUT2D eigenvalue weighted by Crippen LogP contribution is -2.47. The van der Waals surface area contributed by atoms with E-state index in [4.69, 9.17) is 13.8 Å². The highest BCUT2D eigenvalue weighted by molar-refractivity contribution is 7.45. The third-order valence-electron chi connectivity index (χ3n) is 13.3. The molecule has 0 aliphatic rings. The molecule has 81 heavy (non-hydrogen) atoms. The summed E-state index contributed by atoms with van der Waals surface area (Å²) in [4.78, 5) is 40.0. The maximum Gasteiger partial charge on any atom is 0.306 e. The average Bonchev–Trinajstić information content (AvgIpc) is 3.44. The molecule has 0 fully saturated rings. The lowest BCUT2D eigenvalue weighted by Gasteiger charge is -2.30. The molecule has 3 unspecified atom stereocenters. The molecule has 0 saturated heterocycles. The monoisotopic (exact) mass is 1140 g/mol. The number of phosphoric acid groups is 1. The predicted molar refractivity (Wildman–Crippen MR) is 348 cm³/mol. The van der Waals surface area contributed by atoms with Crippen molar-refractivity contribution in [2.75, 3.05) is 40.9 Å². The number of hydrogen-bond donors (Lipinski definition) is 1. The van der Waals surface area contributed by atoms with Gasteiger partial charge in [-0.05, 0) is 115 Å². The van der Waals surface area contributed by atoms with Crippen LogP contribution in [-0.4, -0.2) is 69.4 Å². The number of nitrogens with zero attached hydrogens (tertiary/aromatic N) is 1. The number of carbonyl (C=O) groups is 2. The Balaban J connectivity index is 5.26. The first-order chi connectivity index (χ1) is 39.4. The van der Waals surface area contributed by atoms with Crippen molar-refractivity contribution in [3.05, 3.63) is 146 Å². The molecule has 9 nitrogen and oxygen atoms in total. The van der Waals surface area contributed by atoms with Crippen molar-refractivity contribution in [2.24, 2.45) is 0 Å². The standard InChI is InChI=1S/C71H119N2O7P/c1-7-10-13-16-19-22-25-27-29-31-33-34-35-36-37-38-40-41-43-45-48-51-54-57-60-63-70(74)72-68(67-79-81(76,77)78-66-65-73(4,5)6)69(62-59-56-53-50-47-24-21-18-15-12-9-3)80-71(75)64-61-58-55-52-49-46-44-42-39-32-30-28-26-23-20-17-14-11-8-2/h10-11,13-14,19-20,22-23,27-30,33-34,36-37,39,42,46,49,55,58-59,62,68-69H,7-9,12,15-18,21,24-26,31-32,35,38,40-41,43-45,47-48,50-54,56-57,60-61,63-67H2,1-6H3,(H-,72,74,76,77)/b13-10-,14-11-,22-19-,23-20-,29-27-,30-28-,34-33-,37-36-,42-39-,49-46-,58-55-,62-59-. The van der Waals surface area contributed by atoms with Crippen LogP contribution in [0.25, 0.3) is 0 Å². The van der Waals surface area contributed by atoms with Gasteiger partial charge in [-0.1, -0.05) is 257 Å². The van der Waals surface area contributed by atoms with Gasteiger partial charge in [0.2, 0.25) is 5.91 Å². The number of quaternary nitrogens is 1. The highest BCUT2D eigenvalue weighted by atomic mass is 31.2. The first-order valence-corrected chi connectivity index (χ1v) is 33.6. The molecule has 0 aromatic carbocycles. The molecule has 0 aromatic heterocycles. The van der Waals surface area contributed by atoms with Crippen molar-refractivity contribution in [3.8, 4) is 0 Å². The number of ether oxygens (including phenoxy) is 1. The molecule has 0 heterocycles. The Hall–Kier alpha value is -4.11. The molecular formula is C71H119N2O7P. The van der Waals surface area contributed by atoms with E-state index in [0.717, 1.165) is 116 Å². The van der Waals surface area contributed by atoms with E-state index >= 15 is 0 Å². The van der Waals surface area contributed by atoms with Gasteiger partial charge in [-0.2, -0.15) is 0 Å². The van der Waals surface area contributed by atoms with Crippen molar-refractivity contribution in [2.45, 2.75) is 251 Å². The van der Waals surface area contributed by atoms with Gasteiger partial charge >= 0.3 is 5.97 Å². The number of amides is 1. The second-order valence-electron chi connectivity index (χ2n) is 22.1. The summed E-state index contributed by atoms with van der Waals surface area (Å²) in [5.41, 5.74) is 0. The number of nitrogens with one attached hydrogen (secondary N) is 1. The molecule has 0 rings (SSSR count). The van der Waals surface area contributed by atoms with Crippen LogP contribution in [0.1, 0.15) is 239 Å². The molecule has 0 aliphatic carbocycles. The van der Waals surface area contributed by atoms with E-state index < -0.39 is 32.5 Å². The van der Waals surface area contributed by atoms with E-state index in [1.807, 2.05) is 39.4 Å². The third kappa shape index (κ3) is 60.3. The summed E-state index contributed by atoms with van der Waals surface area (Å²) >= 11 is 0. The van der Waals surface area contributed by atoms with E-state index in [2.05, 4.69) is 148 Å². The van der Waals surface area contributed by atoms with Crippen LogP contribution >= 0.6 is 7.82 Å². The lowest BCUT2D eigenvalue weighted by molar-refractivity contribution is -0.870. The zero-order valence-corrected chi connectivity index (χ0v) is 53.3. The Morgan fingerprint density at radius 2 is 0.802 bits per heavy atom. The number of hydrogen-bond acceptors (Lipinski definition) is 7. The fourth-order valence-electron chi connectivity index (χ4n) is 8.40. The summed E-state index contributed by atoms with van der Waals surface area (Å²) < 4.78 is 30.2. The normalized spacial score (nSPS) is 14.6. The summed E-state index contributed by atoms with van der Waals surface area (Å²) in [6, 6.07) is -0.933. The van der Waals surface area contributed by atoms with Gasteiger partial charge in [-0.15, -0.1) is 0 Å². The van der Waals surface area contributed by atoms with E-state index in [1.54, 1.807) is 6.08 Å². The summed E-state index contributed by atoms with van der Waals surface area (Å²) in [5.74, 6) is -0.657. The van der Waals surface area contributed by atoms with Crippen LogP contribution in [0, 0.1) is 0 Å². The topological polar surface area (TPSA) is 114 Å². The molecule has 0 saturated carbocycles. The summed E-state index contributed by atoms with van der Waals surface area (Å²) in [7, 11) is 1.12. The van der Waals surface area contributed by atoms with Crippen LogP contribution in [-0.2, 0) is 27.9 Å². The Bertz CT molecular complexity index is 1890. The van der Waals surface area contributed by atoms with Gasteiger partial charge < -0.3 is 28.5 Å². The number of likely N-dealkylation sites (N-methyl/N-ethyl adjacent to an activating group) is 1. The van der Waals surface area contributed by atoms with Crippen LogP contribution in [0.3, 0.4) is 0 Å². The molecule has 0 spiro atoms. The first kappa shape index (κ1) is 76.9. The van der Waals surface area contributed by atoms with Crippen molar-refractivity contribution in [3.63, 3.8) is 0 Å². The minimum Gasteiger partial charge on any atom is -0.756 e. The molecule has 0 aromatic rings. The van der Waals surface area contributed by atoms with Gasteiger partial charge in [-0.3, -0.25) is 14.2 Å². The number of carbonyl (C=O) groups excluding carboxylic acids is 2. The lowest BCUT2D eigenvalue weighted by atomic mass is 10.0. The second-order valence-corrected chi connectivity index (χ2v) is 23.6. The third-order valence-corrected chi connectivity index (χ3v) is 14.2. The number of phosphoric ester groups is 1. The van der Waals surface area contributed by atoms with Crippen molar-refractivity contribution < 1.29 is 37.3 Å². The second kappa shape index (κ2) is 59.1. The van der Waals surface area contributed by atoms with Crippen LogP contribution in [0.2, 0.25) is 0 Å². The molecule has 1 amide bonds. The zero-order valence-electron chi connectivity index (χ0n) is 52.4. The molecule has 0 bridgehead atoms. The Morgan fingerprint density at radius 1 is 0.444 bits per heavy atom. The van der Waals surface area contributed by atoms with Crippen LogP contribution < -0.4 is 10.2 Å². The van der Waals surface area contributed by atoms with Crippen molar-refractivity contribution >= 4 is 19.7 Å². The Labute approximate surface area is 498 Å². The molecule has 3 atom stereocenters. The largest absolute Gasteiger partial charge is 0.756 e. The molecular weight excluding hydrogens is 1020 g/mol. The first-order valence-electron chi connectivity index (χ1n) is 32.1. The molecule has 460 valence electrons. The van der Waals surface area contributed by atoms with Gasteiger partial charge in [0.05, 0.1) is 33.8 Å². The van der Waals surface area contributed by atoms with Gasteiger partial charge in [0.15, 0.2) is 0 Å². The molecule has 1 N–H and O–H groups in total. The minimum absolute atomic E-state index is 0.0429. The molecule has 0 radical (unpaired) electrons. The number of rotatable bonds is 56. The van der Waals surface area contributed by atoms with E-state index in [0.29, 0.717) is 23.9 Å². The smallest absolute Gasteiger partial charge is 0.306 e. The van der Waals surface area contributed by atoms with Crippen LogP contribution in [0.5, 0.6) is 0 Å². The summed E-state index contributed by atoms with van der Waals surface area (Å²) in [6.45, 7) is 6.54. The predicted octanol–water partition coefficient (Wildman–Crippen LogP) is 19.6. The van der Waals surface area contributed by atoms with Gasteiger partial charge in [0.1, 0.15) is 19.3 Å². The fourth-order valence-corrected chi connectivity index (χ4v) is 9.12. The van der Waals surface area contributed by atoms with E-state index in [1.165, 1.54) is 77.0 Å². The zero-order chi connectivity index (χ0) is 59.3. The Kier molecular flexibility index (Phi) is 56.1. The highest BCUT2D eigenvalue weighted by Crippen LogP contribution is 2.38.